The summed E-state index contributed by atoms with van der Waals surface area (Å²) in [4.78, 5) is 6.26. The average molecular weight is 219 g/mol. The molecule has 0 aliphatic carbocycles. The zero-order chi connectivity index (χ0) is 12.1. The molecule has 0 aromatic carbocycles. The lowest BCUT2D eigenvalue weighted by atomic mass is 10.1. The Morgan fingerprint density at radius 1 is 1.44 bits per heavy atom. The number of likely N-dealkylation sites (N-methyl/N-ethyl adjacent to an activating group) is 1. The molecule has 0 amide bonds. The predicted octanol–water partition coefficient (Wildman–Crippen LogP) is 1.51. The van der Waals surface area contributed by atoms with Crippen molar-refractivity contribution in [3.63, 3.8) is 0 Å². The van der Waals surface area contributed by atoms with Gasteiger partial charge in [-0.2, -0.15) is 5.26 Å². The van der Waals surface area contributed by atoms with Crippen LogP contribution in [0.15, 0.2) is 6.07 Å². The van der Waals surface area contributed by atoms with Crippen molar-refractivity contribution in [1.82, 2.24) is 9.88 Å². The van der Waals surface area contributed by atoms with Gasteiger partial charge in [0.1, 0.15) is 18.2 Å². The van der Waals surface area contributed by atoms with Gasteiger partial charge in [-0.25, -0.2) is 4.98 Å². The molecular weight excluding hydrogens is 202 g/mol. The van der Waals surface area contributed by atoms with Gasteiger partial charge in [0, 0.05) is 12.2 Å². The molecule has 0 unspecified atom stereocenters. The number of pyridine rings is 1. The normalized spacial score (nSPS) is 10.2. The van der Waals surface area contributed by atoms with Crippen molar-refractivity contribution in [2.75, 3.05) is 27.2 Å². The topological polar surface area (TPSA) is 49.1 Å². The van der Waals surface area contributed by atoms with E-state index in [2.05, 4.69) is 11.1 Å². The van der Waals surface area contributed by atoms with Gasteiger partial charge < -0.3 is 9.64 Å². The molecule has 0 fully saturated rings. The molecule has 0 radical (unpaired) electrons. The van der Waals surface area contributed by atoms with Crippen molar-refractivity contribution in [2.24, 2.45) is 0 Å². The van der Waals surface area contributed by atoms with Gasteiger partial charge >= 0.3 is 0 Å². The number of nitrogens with zero attached hydrogens (tertiary/aromatic N) is 3. The van der Waals surface area contributed by atoms with Gasteiger partial charge in [0.25, 0.3) is 0 Å². The van der Waals surface area contributed by atoms with Crippen LogP contribution in [0.4, 0.5) is 0 Å². The molecule has 0 saturated heterocycles. The standard InChI is InChI=1S/C12H17N3O/c1-9-7-10(2)14-12(11(9)8-13)16-6-5-15(3)4/h7H,5-6H2,1-4H3. The molecule has 0 atom stereocenters. The Morgan fingerprint density at radius 2 is 2.12 bits per heavy atom. The van der Waals surface area contributed by atoms with E-state index in [9.17, 15) is 0 Å². The van der Waals surface area contributed by atoms with E-state index >= 15 is 0 Å². The number of ether oxygens (including phenoxy) is 1. The number of hydrogen-bond acceptors (Lipinski definition) is 4. The minimum atomic E-state index is 0.446. The van der Waals surface area contributed by atoms with E-state index in [0.717, 1.165) is 17.8 Å². The monoisotopic (exact) mass is 219 g/mol. The second-order valence-corrected chi connectivity index (χ2v) is 4.02. The van der Waals surface area contributed by atoms with Crippen molar-refractivity contribution in [3.05, 3.63) is 22.9 Å². The largest absolute Gasteiger partial charge is 0.475 e. The molecule has 1 aromatic rings. The lowest BCUT2D eigenvalue weighted by Gasteiger charge is -2.12. The summed E-state index contributed by atoms with van der Waals surface area (Å²) in [7, 11) is 3.95. The van der Waals surface area contributed by atoms with Gasteiger partial charge in [-0.3, -0.25) is 0 Å². The first-order chi connectivity index (χ1) is 7.54. The molecule has 4 heteroatoms. The molecular formula is C12H17N3O. The van der Waals surface area contributed by atoms with Gasteiger partial charge in [-0.05, 0) is 39.6 Å². The molecule has 0 saturated carbocycles. The van der Waals surface area contributed by atoms with Crippen LogP contribution in [0.5, 0.6) is 5.88 Å². The van der Waals surface area contributed by atoms with Crippen molar-refractivity contribution in [1.29, 1.82) is 5.26 Å². The zero-order valence-electron chi connectivity index (χ0n) is 10.2. The van der Waals surface area contributed by atoms with Crippen LogP contribution in [0.3, 0.4) is 0 Å². The first-order valence-corrected chi connectivity index (χ1v) is 5.20. The summed E-state index contributed by atoms with van der Waals surface area (Å²) in [5, 5.41) is 9.02. The van der Waals surface area contributed by atoms with E-state index in [0.29, 0.717) is 18.1 Å². The van der Waals surface area contributed by atoms with E-state index in [-0.39, 0.29) is 0 Å². The Morgan fingerprint density at radius 3 is 2.69 bits per heavy atom. The van der Waals surface area contributed by atoms with E-state index in [4.69, 9.17) is 10.00 Å². The highest BCUT2D eigenvalue weighted by molar-refractivity contribution is 5.45. The number of hydrogen-bond donors (Lipinski definition) is 0. The van der Waals surface area contributed by atoms with Crippen molar-refractivity contribution in [3.8, 4) is 11.9 Å². The third-order valence-corrected chi connectivity index (χ3v) is 2.20. The number of rotatable bonds is 4. The van der Waals surface area contributed by atoms with Gasteiger partial charge in [-0.15, -0.1) is 0 Å². The van der Waals surface area contributed by atoms with E-state index < -0.39 is 0 Å². The van der Waals surface area contributed by atoms with Gasteiger partial charge in [-0.1, -0.05) is 0 Å². The van der Waals surface area contributed by atoms with E-state index in [1.807, 2.05) is 38.9 Å². The first kappa shape index (κ1) is 12.5. The third-order valence-electron chi connectivity index (χ3n) is 2.20. The Bertz CT molecular complexity index is 407. The minimum absolute atomic E-state index is 0.446. The molecule has 0 aliphatic heterocycles. The number of aryl methyl sites for hydroxylation is 2. The minimum Gasteiger partial charge on any atom is -0.475 e. The third kappa shape index (κ3) is 3.21. The fourth-order valence-corrected chi connectivity index (χ4v) is 1.37. The van der Waals surface area contributed by atoms with Crippen LogP contribution in [0.1, 0.15) is 16.8 Å². The molecule has 16 heavy (non-hydrogen) atoms. The molecule has 0 bridgehead atoms. The second-order valence-electron chi connectivity index (χ2n) is 4.02. The SMILES string of the molecule is Cc1cc(C)c(C#N)c(OCCN(C)C)n1. The smallest absolute Gasteiger partial charge is 0.232 e. The fraction of sp³-hybridized carbons (Fsp3) is 0.500. The molecule has 1 heterocycles. The van der Waals surface area contributed by atoms with Crippen molar-refractivity contribution < 1.29 is 4.74 Å². The summed E-state index contributed by atoms with van der Waals surface area (Å²) in [6.45, 7) is 5.14. The Kier molecular flexibility index (Phi) is 4.27. The van der Waals surface area contributed by atoms with Crippen LogP contribution in [0.25, 0.3) is 0 Å². The fourth-order valence-electron chi connectivity index (χ4n) is 1.37. The second kappa shape index (κ2) is 5.47. The maximum absolute atomic E-state index is 9.02. The van der Waals surface area contributed by atoms with Crippen LogP contribution in [-0.4, -0.2) is 37.1 Å². The summed E-state index contributed by atoms with van der Waals surface area (Å²) in [6, 6.07) is 4.01. The molecule has 0 N–H and O–H groups in total. The van der Waals surface area contributed by atoms with E-state index in [1.165, 1.54) is 0 Å². The molecule has 0 aliphatic rings. The molecule has 1 aromatic heterocycles. The van der Waals surface area contributed by atoms with Crippen LogP contribution in [0.2, 0.25) is 0 Å². The van der Waals surface area contributed by atoms with E-state index in [1.54, 1.807) is 0 Å². The maximum atomic E-state index is 9.02. The summed E-state index contributed by atoms with van der Waals surface area (Å²) in [6.07, 6.45) is 0. The first-order valence-electron chi connectivity index (χ1n) is 5.20. The summed E-state index contributed by atoms with van der Waals surface area (Å²) < 4.78 is 5.53. The lowest BCUT2D eigenvalue weighted by molar-refractivity contribution is 0.253. The van der Waals surface area contributed by atoms with Crippen LogP contribution < -0.4 is 4.74 Å². The van der Waals surface area contributed by atoms with Gasteiger partial charge in [0.15, 0.2) is 0 Å². The highest BCUT2D eigenvalue weighted by Gasteiger charge is 2.09. The maximum Gasteiger partial charge on any atom is 0.232 e. The Balaban J connectivity index is 2.82. The number of nitriles is 1. The Labute approximate surface area is 96.5 Å². The molecule has 1 rings (SSSR count). The van der Waals surface area contributed by atoms with Crippen LogP contribution >= 0.6 is 0 Å². The molecule has 4 nitrogen and oxygen atoms in total. The zero-order valence-corrected chi connectivity index (χ0v) is 10.2. The summed E-state index contributed by atoms with van der Waals surface area (Å²) in [5.74, 6) is 0.446. The highest BCUT2D eigenvalue weighted by atomic mass is 16.5. The van der Waals surface area contributed by atoms with Gasteiger partial charge in [0.05, 0.1) is 0 Å². The summed E-state index contributed by atoms with van der Waals surface area (Å²) >= 11 is 0. The Hall–Kier alpha value is -1.60. The predicted molar refractivity (Wildman–Crippen MR) is 62.5 cm³/mol. The van der Waals surface area contributed by atoms with Crippen LogP contribution in [0, 0.1) is 25.2 Å². The van der Waals surface area contributed by atoms with Crippen molar-refractivity contribution >= 4 is 0 Å². The molecule has 0 spiro atoms. The average Bonchev–Trinajstić information content (AvgIpc) is 2.16. The van der Waals surface area contributed by atoms with Crippen LogP contribution in [-0.2, 0) is 0 Å². The summed E-state index contributed by atoms with van der Waals surface area (Å²) in [5.41, 5.74) is 2.32. The lowest BCUT2D eigenvalue weighted by Crippen LogP contribution is -2.20. The van der Waals surface area contributed by atoms with Gasteiger partial charge in [0.2, 0.25) is 5.88 Å². The quantitative estimate of drug-likeness (QED) is 0.770. The number of aromatic nitrogens is 1. The highest BCUT2D eigenvalue weighted by Crippen LogP contribution is 2.19. The van der Waals surface area contributed by atoms with Crippen molar-refractivity contribution in [2.45, 2.75) is 13.8 Å². The molecule has 86 valence electrons.